The van der Waals surface area contributed by atoms with E-state index in [1.807, 2.05) is 18.5 Å². The van der Waals surface area contributed by atoms with Crippen LogP contribution >= 0.6 is 11.3 Å². The minimum atomic E-state index is -0.219. The maximum Gasteiger partial charge on any atom is 0.123 e. The molecule has 0 saturated heterocycles. The number of hydrogen-bond donors (Lipinski definition) is 1. The van der Waals surface area contributed by atoms with E-state index >= 15 is 0 Å². The van der Waals surface area contributed by atoms with Crippen LogP contribution in [-0.4, -0.2) is 12.0 Å². The molecule has 0 amide bonds. The van der Waals surface area contributed by atoms with Crippen LogP contribution in [0.4, 0.5) is 4.39 Å². The molecule has 2 rings (SSSR count). The maximum atomic E-state index is 13.1. The van der Waals surface area contributed by atoms with Crippen LogP contribution in [0.3, 0.4) is 0 Å². The summed E-state index contributed by atoms with van der Waals surface area (Å²) < 4.78 is 13.1. The van der Waals surface area contributed by atoms with E-state index in [1.54, 1.807) is 11.6 Å². The van der Waals surface area contributed by atoms with Crippen molar-refractivity contribution in [3.05, 3.63) is 52.2 Å². The number of rotatable bonds is 3. The largest absolute Gasteiger partial charge is 0.308 e. The van der Waals surface area contributed by atoms with Gasteiger partial charge in [-0.25, -0.2) is 9.37 Å². The average Bonchev–Trinajstić information content (AvgIpc) is 2.72. The highest BCUT2D eigenvalue weighted by atomic mass is 32.1. The third-order valence-corrected chi connectivity index (χ3v) is 2.82. The Hall–Kier alpha value is -1.26. The number of halogens is 1. The molecule has 0 aliphatic heterocycles. The van der Waals surface area contributed by atoms with Crippen molar-refractivity contribution in [2.24, 2.45) is 0 Å². The van der Waals surface area contributed by atoms with Crippen molar-refractivity contribution in [1.29, 1.82) is 0 Å². The van der Waals surface area contributed by atoms with Crippen molar-refractivity contribution in [2.75, 3.05) is 7.05 Å². The zero-order valence-corrected chi connectivity index (χ0v) is 9.09. The summed E-state index contributed by atoms with van der Waals surface area (Å²) in [6.45, 7) is 0. The number of aromatic nitrogens is 1. The number of benzene rings is 1. The predicted octanol–water partition coefficient (Wildman–Crippen LogP) is 2.59. The summed E-state index contributed by atoms with van der Waals surface area (Å²) >= 11 is 1.54. The Morgan fingerprint density at radius 2 is 2.33 bits per heavy atom. The average molecular weight is 222 g/mol. The molecule has 15 heavy (non-hydrogen) atoms. The Bertz CT molecular complexity index is 428. The number of nitrogens with zero attached hydrogens (tertiary/aromatic N) is 1. The van der Waals surface area contributed by atoms with Gasteiger partial charge < -0.3 is 5.32 Å². The Morgan fingerprint density at radius 3 is 2.93 bits per heavy atom. The number of hydrogen-bond acceptors (Lipinski definition) is 3. The summed E-state index contributed by atoms with van der Waals surface area (Å²) in [7, 11) is 1.84. The zero-order valence-electron chi connectivity index (χ0n) is 8.27. The van der Waals surface area contributed by atoms with Crippen molar-refractivity contribution in [3.63, 3.8) is 0 Å². The number of thiazole rings is 1. The standard InChI is InChI=1S/C11H11FN2S/c1-13-11(10-6-15-7-14-10)8-3-2-4-9(12)5-8/h2-7,11,13H,1H3. The van der Waals surface area contributed by atoms with Gasteiger partial charge in [-0.1, -0.05) is 12.1 Å². The van der Waals surface area contributed by atoms with Gasteiger partial charge in [-0.2, -0.15) is 0 Å². The van der Waals surface area contributed by atoms with Crippen LogP contribution in [0.2, 0.25) is 0 Å². The fraction of sp³-hybridized carbons (Fsp3) is 0.182. The molecule has 0 bridgehead atoms. The second kappa shape index (κ2) is 4.51. The van der Waals surface area contributed by atoms with Crippen LogP contribution in [-0.2, 0) is 0 Å². The van der Waals surface area contributed by atoms with E-state index in [4.69, 9.17) is 0 Å². The summed E-state index contributed by atoms with van der Waals surface area (Å²) in [4.78, 5) is 4.23. The molecule has 0 aliphatic carbocycles. The quantitative estimate of drug-likeness (QED) is 0.863. The fourth-order valence-corrected chi connectivity index (χ4v) is 2.12. The van der Waals surface area contributed by atoms with Gasteiger partial charge in [0.2, 0.25) is 0 Å². The third kappa shape index (κ3) is 2.22. The monoisotopic (exact) mass is 222 g/mol. The molecule has 1 heterocycles. The van der Waals surface area contributed by atoms with Crippen molar-refractivity contribution in [2.45, 2.75) is 6.04 Å². The molecule has 1 N–H and O–H groups in total. The smallest absolute Gasteiger partial charge is 0.123 e. The van der Waals surface area contributed by atoms with E-state index in [-0.39, 0.29) is 11.9 Å². The van der Waals surface area contributed by atoms with E-state index < -0.39 is 0 Å². The summed E-state index contributed by atoms with van der Waals surface area (Å²) in [5, 5.41) is 5.09. The highest BCUT2D eigenvalue weighted by molar-refractivity contribution is 7.07. The summed E-state index contributed by atoms with van der Waals surface area (Å²) in [6.07, 6.45) is 0. The maximum absolute atomic E-state index is 13.1. The van der Waals surface area contributed by atoms with Crippen LogP contribution < -0.4 is 5.32 Å². The fourth-order valence-electron chi connectivity index (χ4n) is 1.54. The van der Waals surface area contributed by atoms with Crippen LogP contribution in [0.5, 0.6) is 0 Å². The van der Waals surface area contributed by atoms with Gasteiger partial charge in [0.05, 0.1) is 17.2 Å². The van der Waals surface area contributed by atoms with Gasteiger partial charge in [-0.3, -0.25) is 0 Å². The van der Waals surface area contributed by atoms with Gasteiger partial charge in [0.1, 0.15) is 5.82 Å². The minimum Gasteiger partial charge on any atom is -0.308 e. The van der Waals surface area contributed by atoms with Crippen LogP contribution in [0.1, 0.15) is 17.3 Å². The molecule has 2 nitrogen and oxygen atoms in total. The second-order valence-electron chi connectivity index (χ2n) is 3.19. The highest BCUT2D eigenvalue weighted by Gasteiger charge is 2.13. The Morgan fingerprint density at radius 1 is 1.47 bits per heavy atom. The first kappa shape index (κ1) is 10.3. The molecule has 0 fully saturated rings. The summed E-state index contributed by atoms with van der Waals surface area (Å²) in [5.41, 5.74) is 3.59. The third-order valence-electron chi connectivity index (χ3n) is 2.22. The first-order chi connectivity index (χ1) is 7.31. The molecular weight excluding hydrogens is 211 g/mol. The molecule has 1 aromatic carbocycles. The Kier molecular flexibility index (Phi) is 3.08. The van der Waals surface area contributed by atoms with E-state index in [0.717, 1.165) is 11.3 Å². The molecule has 1 atom stereocenters. The summed E-state index contributed by atoms with van der Waals surface area (Å²) in [6, 6.07) is 6.54. The molecule has 0 saturated carbocycles. The molecule has 0 spiro atoms. The normalized spacial score (nSPS) is 12.7. The molecule has 1 aromatic heterocycles. The highest BCUT2D eigenvalue weighted by Crippen LogP contribution is 2.21. The number of nitrogens with one attached hydrogen (secondary N) is 1. The lowest BCUT2D eigenvalue weighted by atomic mass is 10.0. The van der Waals surface area contributed by atoms with Gasteiger partial charge in [0.25, 0.3) is 0 Å². The lowest BCUT2D eigenvalue weighted by Crippen LogP contribution is -2.17. The molecule has 0 radical (unpaired) electrons. The van der Waals surface area contributed by atoms with Crippen molar-refractivity contribution in [1.82, 2.24) is 10.3 Å². The summed E-state index contributed by atoms with van der Waals surface area (Å²) in [5.74, 6) is -0.219. The lowest BCUT2D eigenvalue weighted by molar-refractivity contribution is 0.614. The van der Waals surface area contributed by atoms with E-state index in [2.05, 4.69) is 10.3 Å². The second-order valence-corrected chi connectivity index (χ2v) is 3.91. The Labute approximate surface area is 91.8 Å². The van der Waals surface area contributed by atoms with Crippen molar-refractivity contribution < 1.29 is 4.39 Å². The van der Waals surface area contributed by atoms with Gasteiger partial charge in [0, 0.05) is 5.38 Å². The van der Waals surface area contributed by atoms with Crippen molar-refractivity contribution >= 4 is 11.3 Å². The first-order valence-corrected chi connectivity index (χ1v) is 5.56. The zero-order chi connectivity index (χ0) is 10.7. The molecule has 4 heteroatoms. The van der Waals surface area contributed by atoms with E-state index in [1.165, 1.54) is 23.5 Å². The van der Waals surface area contributed by atoms with Gasteiger partial charge >= 0.3 is 0 Å². The lowest BCUT2D eigenvalue weighted by Gasteiger charge is -2.14. The minimum absolute atomic E-state index is 0.0352. The predicted molar refractivity (Wildman–Crippen MR) is 59.4 cm³/mol. The van der Waals surface area contributed by atoms with Crippen LogP contribution in [0, 0.1) is 5.82 Å². The Balaban J connectivity index is 2.35. The van der Waals surface area contributed by atoms with Crippen LogP contribution in [0.15, 0.2) is 35.2 Å². The van der Waals surface area contributed by atoms with Gasteiger partial charge in [-0.15, -0.1) is 11.3 Å². The van der Waals surface area contributed by atoms with Crippen LogP contribution in [0.25, 0.3) is 0 Å². The SMILES string of the molecule is CNC(c1cccc(F)c1)c1cscn1. The first-order valence-electron chi connectivity index (χ1n) is 4.62. The molecule has 0 aliphatic rings. The van der Waals surface area contributed by atoms with Crippen molar-refractivity contribution in [3.8, 4) is 0 Å². The topological polar surface area (TPSA) is 24.9 Å². The molecule has 2 aromatic rings. The van der Waals surface area contributed by atoms with Gasteiger partial charge in [0.15, 0.2) is 0 Å². The van der Waals surface area contributed by atoms with E-state index in [9.17, 15) is 4.39 Å². The van der Waals surface area contributed by atoms with Gasteiger partial charge in [-0.05, 0) is 24.7 Å². The molecule has 78 valence electrons. The molecular formula is C11H11FN2S. The van der Waals surface area contributed by atoms with E-state index in [0.29, 0.717) is 0 Å². The molecule has 1 unspecified atom stereocenters.